The highest BCUT2D eigenvalue weighted by molar-refractivity contribution is 5.99. The fourth-order valence-corrected chi connectivity index (χ4v) is 2.15. The number of carboxylic acids is 1. The first kappa shape index (κ1) is 13.4. The third kappa shape index (κ3) is 3.70. The van der Waals surface area contributed by atoms with Crippen molar-refractivity contribution >= 4 is 11.8 Å². The smallest absolute Gasteiger partial charge is 0.303 e. The molecule has 0 bridgehead atoms. The van der Waals surface area contributed by atoms with Crippen LogP contribution < -0.4 is 0 Å². The van der Waals surface area contributed by atoms with E-state index in [0.717, 1.165) is 22.3 Å². The van der Waals surface area contributed by atoms with Crippen LogP contribution in [0.5, 0.6) is 0 Å². The topological polar surface area (TPSA) is 54.4 Å². The largest absolute Gasteiger partial charge is 0.481 e. The maximum Gasteiger partial charge on any atom is 0.303 e. The molecule has 3 nitrogen and oxygen atoms in total. The number of carbonyl (C=O) groups is 2. The second-order valence-corrected chi connectivity index (χ2v) is 4.44. The predicted octanol–water partition coefficient (Wildman–Crippen LogP) is 3.05. The first-order valence-corrected chi connectivity index (χ1v) is 5.74. The van der Waals surface area contributed by atoms with Crippen LogP contribution in [0.1, 0.15) is 46.3 Å². The number of carbonyl (C=O) groups excluding carboxylic acids is 1. The number of hydrogen-bond donors (Lipinski definition) is 1. The van der Waals surface area contributed by atoms with E-state index in [4.69, 9.17) is 5.11 Å². The lowest BCUT2D eigenvalue weighted by Crippen LogP contribution is -2.06. The molecule has 0 radical (unpaired) electrons. The van der Waals surface area contributed by atoms with Crippen LogP contribution in [0.2, 0.25) is 0 Å². The van der Waals surface area contributed by atoms with Crippen molar-refractivity contribution in [1.82, 2.24) is 0 Å². The third-order valence-electron chi connectivity index (χ3n) is 2.75. The summed E-state index contributed by atoms with van der Waals surface area (Å²) in [5.41, 5.74) is 3.84. The van der Waals surface area contributed by atoms with Gasteiger partial charge in [0, 0.05) is 18.4 Å². The van der Waals surface area contributed by atoms with Gasteiger partial charge in [-0.15, -0.1) is 0 Å². The number of rotatable bonds is 5. The van der Waals surface area contributed by atoms with Crippen molar-refractivity contribution in [2.45, 2.75) is 40.0 Å². The van der Waals surface area contributed by atoms with Crippen molar-refractivity contribution in [3.8, 4) is 0 Å². The zero-order chi connectivity index (χ0) is 13.0. The molecule has 1 aromatic carbocycles. The van der Waals surface area contributed by atoms with Crippen molar-refractivity contribution in [2.24, 2.45) is 0 Å². The van der Waals surface area contributed by atoms with Crippen LogP contribution in [-0.4, -0.2) is 16.9 Å². The van der Waals surface area contributed by atoms with Crippen molar-refractivity contribution in [1.29, 1.82) is 0 Å². The summed E-state index contributed by atoms with van der Waals surface area (Å²) in [7, 11) is 0. The van der Waals surface area contributed by atoms with Crippen molar-refractivity contribution in [3.63, 3.8) is 0 Å². The summed E-state index contributed by atoms with van der Waals surface area (Å²) in [6.45, 7) is 5.84. The predicted molar refractivity (Wildman–Crippen MR) is 66.5 cm³/mol. The average Bonchev–Trinajstić information content (AvgIpc) is 2.14. The number of hydrogen-bond acceptors (Lipinski definition) is 2. The maximum absolute atomic E-state index is 12.0. The lowest BCUT2D eigenvalue weighted by Gasteiger charge is -2.09. The fourth-order valence-electron chi connectivity index (χ4n) is 2.15. The molecule has 3 heteroatoms. The molecular formula is C14H18O3. The minimum absolute atomic E-state index is 0.0428. The zero-order valence-corrected chi connectivity index (χ0v) is 10.5. The minimum Gasteiger partial charge on any atom is -0.481 e. The maximum atomic E-state index is 12.0. The molecule has 0 spiro atoms. The Morgan fingerprint density at radius 3 is 2.06 bits per heavy atom. The Kier molecular flexibility index (Phi) is 4.44. The SMILES string of the molecule is Cc1cc(C)c(C(=O)CCCC(=O)O)c(C)c1. The summed E-state index contributed by atoms with van der Waals surface area (Å²) in [6, 6.07) is 3.97. The Morgan fingerprint density at radius 1 is 1.06 bits per heavy atom. The summed E-state index contributed by atoms with van der Waals surface area (Å²) in [5.74, 6) is -0.809. The normalized spacial score (nSPS) is 10.3. The molecule has 0 heterocycles. The Hall–Kier alpha value is -1.64. The van der Waals surface area contributed by atoms with Gasteiger partial charge in [-0.2, -0.15) is 0 Å². The first-order valence-electron chi connectivity index (χ1n) is 5.74. The Labute approximate surface area is 101 Å². The summed E-state index contributed by atoms with van der Waals surface area (Å²) >= 11 is 0. The van der Waals surface area contributed by atoms with Gasteiger partial charge in [-0.3, -0.25) is 9.59 Å². The van der Waals surface area contributed by atoms with Crippen LogP contribution in [0, 0.1) is 20.8 Å². The van der Waals surface area contributed by atoms with Crippen LogP contribution in [0.3, 0.4) is 0 Å². The van der Waals surface area contributed by atoms with Gasteiger partial charge in [0.15, 0.2) is 5.78 Å². The van der Waals surface area contributed by atoms with Gasteiger partial charge in [-0.1, -0.05) is 17.7 Å². The van der Waals surface area contributed by atoms with Crippen LogP contribution >= 0.6 is 0 Å². The van der Waals surface area contributed by atoms with Crippen molar-refractivity contribution in [2.75, 3.05) is 0 Å². The highest BCUT2D eigenvalue weighted by Crippen LogP contribution is 2.19. The fraction of sp³-hybridized carbons (Fsp3) is 0.429. The van der Waals surface area contributed by atoms with Crippen molar-refractivity contribution in [3.05, 3.63) is 34.4 Å². The third-order valence-corrected chi connectivity index (χ3v) is 2.75. The number of carboxylic acid groups (broad SMARTS) is 1. The van der Waals surface area contributed by atoms with E-state index in [1.54, 1.807) is 0 Å². The lowest BCUT2D eigenvalue weighted by atomic mass is 9.94. The molecular weight excluding hydrogens is 216 g/mol. The molecule has 0 aromatic heterocycles. The van der Waals surface area contributed by atoms with Gasteiger partial charge in [-0.25, -0.2) is 0 Å². The van der Waals surface area contributed by atoms with E-state index >= 15 is 0 Å². The van der Waals surface area contributed by atoms with Gasteiger partial charge in [0.2, 0.25) is 0 Å². The van der Waals surface area contributed by atoms with E-state index in [2.05, 4.69) is 0 Å². The van der Waals surface area contributed by atoms with Crippen molar-refractivity contribution < 1.29 is 14.7 Å². The summed E-state index contributed by atoms with van der Waals surface area (Å²) in [4.78, 5) is 22.4. The molecule has 0 amide bonds. The molecule has 92 valence electrons. The quantitative estimate of drug-likeness (QED) is 0.797. The second-order valence-electron chi connectivity index (χ2n) is 4.44. The molecule has 0 saturated heterocycles. The summed E-state index contributed by atoms with van der Waals surface area (Å²) in [6.07, 6.45) is 0.758. The van der Waals surface area contributed by atoms with E-state index in [1.165, 1.54) is 0 Å². The monoisotopic (exact) mass is 234 g/mol. The number of aliphatic carboxylic acids is 1. The van der Waals surface area contributed by atoms with Crippen LogP contribution in [0.25, 0.3) is 0 Å². The number of ketones is 1. The standard InChI is InChI=1S/C14H18O3/c1-9-7-10(2)14(11(3)8-9)12(15)5-4-6-13(16)17/h7-8H,4-6H2,1-3H3,(H,16,17). The van der Waals surface area contributed by atoms with Gasteiger partial charge >= 0.3 is 5.97 Å². The van der Waals surface area contributed by atoms with Gasteiger partial charge in [0.25, 0.3) is 0 Å². The van der Waals surface area contributed by atoms with Crippen LogP contribution in [0.15, 0.2) is 12.1 Å². The highest BCUT2D eigenvalue weighted by atomic mass is 16.4. The molecule has 17 heavy (non-hydrogen) atoms. The zero-order valence-electron chi connectivity index (χ0n) is 10.5. The summed E-state index contributed by atoms with van der Waals surface area (Å²) < 4.78 is 0. The molecule has 0 aliphatic heterocycles. The Morgan fingerprint density at radius 2 is 1.59 bits per heavy atom. The molecule has 0 atom stereocenters. The molecule has 0 aliphatic carbocycles. The van der Waals surface area contributed by atoms with E-state index in [1.807, 2.05) is 32.9 Å². The number of benzene rings is 1. The summed E-state index contributed by atoms with van der Waals surface area (Å²) in [5, 5.41) is 8.53. The number of aryl methyl sites for hydroxylation is 3. The van der Waals surface area contributed by atoms with E-state index < -0.39 is 5.97 Å². The lowest BCUT2D eigenvalue weighted by molar-refractivity contribution is -0.137. The van der Waals surface area contributed by atoms with Crippen LogP contribution in [-0.2, 0) is 4.79 Å². The molecule has 1 N–H and O–H groups in total. The Bertz CT molecular complexity index is 424. The molecule has 1 aromatic rings. The molecule has 0 unspecified atom stereocenters. The average molecular weight is 234 g/mol. The Balaban J connectivity index is 2.79. The second kappa shape index (κ2) is 5.62. The minimum atomic E-state index is -0.852. The van der Waals surface area contributed by atoms with E-state index in [9.17, 15) is 9.59 Å². The van der Waals surface area contributed by atoms with E-state index in [-0.39, 0.29) is 12.2 Å². The molecule has 0 saturated carbocycles. The molecule has 0 fully saturated rings. The number of Topliss-reactive ketones (excluding diaryl/α,β-unsaturated/α-hetero) is 1. The van der Waals surface area contributed by atoms with Gasteiger partial charge in [-0.05, 0) is 38.3 Å². The first-order chi connectivity index (χ1) is 7.91. The van der Waals surface area contributed by atoms with Gasteiger partial charge in [0.1, 0.15) is 0 Å². The molecule has 1 rings (SSSR count). The molecule has 0 aliphatic rings. The van der Waals surface area contributed by atoms with Gasteiger partial charge in [0.05, 0.1) is 0 Å². The highest BCUT2D eigenvalue weighted by Gasteiger charge is 2.12. The van der Waals surface area contributed by atoms with Gasteiger partial charge < -0.3 is 5.11 Å². The van der Waals surface area contributed by atoms with E-state index in [0.29, 0.717) is 12.8 Å². The van der Waals surface area contributed by atoms with Crippen LogP contribution in [0.4, 0.5) is 0 Å².